The summed E-state index contributed by atoms with van der Waals surface area (Å²) < 4.78 is 2.10. The molecule has 4 rings (SSSR count). The molecule has 28 heavy (non-hydrogen) atoms. The molecule has 0 aromatic carbocycles. The summed E-state index contributed by atoms with van der Waals surface area (Å²) >= 11 is 0. The smallest absolute Gasteiger partial charge is 0.222 e. The van der Waals surface area contributed by atoms with E-state index in [9.17, 15) is 5.26 Å². The number of nitriles is 1. The number of anilines is 2. The van der Waals surface area contributed by atoms with Crippen LogP contribution < -0.4 is 16.4 Å². The molecule has 0 bridgehead atoms. The summed E-state index contributed by atoms with van der Waals surface area (Å²) in [6.07, 6.45) is 3.11. The van der Waals surface area contributed by atoms with E-state index in [0.29, 0.717) is 23.0 Å². The van der Waals surface area contributed by atoms with Gasteiger partial charge in [0.1, 0.15) is 17.5 Å². The Labute approximate surface area is 163 Å². The lowest BCUT2D eigenvalue weighted by Gasteiger charge is -2.22. The van der Waals surface area contributed by atoms with Crippen molar-refractivity contribution in [1.82, 2.24) is 24.8 Å². The molecule has 2 atom stereocenters. The second-order valence-corrected chi connectivity index (χ2v) is 7.35. The molecule has 1 fully saturated rings. The minimum Gasteiger partial charge on any atom is -0.368 e. The first-order chi connectivity index (χ1) is 13.5. The van der Waals surface area contributed by atoms with Crippen molar-refractivity contribution in [3.8, 4) is 6.07 Å². The van der Waals surface area contributed by atoms with Crippen LogP contribution in [0.5, 0.6) is 0 Å². The number of aromatic nitrogens is 4. The summed E-state index contributed by atoms with van der Waals surface area (Å²) in [5.74, 6) is 1.02. The number of pyridine rings is 1. The van der Waals surface area contributed by atoms with Crippen LogP contribution >= 0.6 is 0 Å². The fourth-order valence-electron chi connectivity index (χ4n) is 3.91. The zero-order valence-corrected chi connectivity index (χ0v) is 16.3. The van der Waals surface area contributed by atoms with Crippen LogP contribution in [0.4, 0.5) is 11.8 Å². The molecule has 3 aromatic rings. The molecule has 1 saturated heterocycles. The molecule has 0 spiro atoms. The number of hydrogen-bond donors (Lipinski definition) is 3. The van der Waals surface area contributed by atoms with Crippen LogP contribution in [0.2, 0.25) is 0 Å². The van der Waals surface area contributed by atoms with Crippen molar-refractivity contribution < 1.29 is 0 Å². The summed E-state index contributed by atoms with van der Waals surface area (Å²) in [7, 11) is 2.04. The van der Waals surface area contributed by atoms with E-state index in [1.54, 1.807) is 6.92 Å². The molecule has 4 heterocycles. The maximum absolute atomic E-state index is 9.51. The Balaban J connectivity index is 1.78. The zero-order chi connectivity index (χ0) is 19.8. The first kappa shape index (κ1) is 18.2. The molecule has 4 N–H and O–H groups in total. The van der Waals surface area contributed by atoms with E-state index in [0.717, 1.165) is 36.2 Å². The largest absolute Gasteiger partial charge is 0.368 e. The highest BCUT2D eigenvalue weighted by Gasteiger charge is 2.25. The third kappa shape index (κ3) is 3.14. The topological polar surface area (TPSA) is 117 Å². The van der Waals surface area contributed by atoms with Gasteiger partial charge >= 0.3 is 0 Å². The molecule has 1 aliphatic heterocycles. The van der Waals surface area contributed by atoms with Crippen LogP contribution in [0.3, 0.4) is 0 Å². The monoisotopic (exact) mass is 376 g/mol. The quantitative estimate of drug-likeness (QED) is 0.640. The molecule has 8 heteroatoms. The Morgan fingerprint density at radius 3 is 2.93 bits per heavy atom. The molecule has 0 radical (unpaired) electrons. The first-order valence-electron chi connectivity index (χ1n) is 9.45. The number of nitrogens with zero attached hydrogens (tertiary/aromatic N) is 5. The lowest BCUT2D eigenvalue weighted by molar-refractivity contribution is 0.719. The minimum absolute atomic E-state index is 0.138. The molecular formula is C20H24N8. The second-order valence-electron chi connectivity index (χ2n) is 7.35. The fourth-order valence-corrected chi connectivity index (χ4v) is 3.91. The van der Waals surface area contributed by atoms with Gasteiger partial charge in [0.25, 0.3) is 0 Å². The molecule has 0 amide bonds. The van der Waals surface area contributed by atoms with Gasteiger partial charge in [0.05, 0.1) is 28.5 Å². The molecule has 144 valence electrons. The van der Waals surface area contributed by atoms with Crippen molar-refractivity contribution in [3.63, 3.8) is 0 Å². The van der Waals surface area contributed by atoms with Gasteiger partial charge in [-0.3, -0.25) is 0 Å². The van der Waals surface area contributed by atoms with Gasteiger partial charge < -0.3 is 20.9 Å². The van der Waals surface area contributed by atoms with Gasteiger partial charge in [-0.05, 0) is 50.4 Å². The first-order valence-corrected chi connectivity index (χ1v) is 9.45. The Morgan fingerprint density at radius 2 is 2.21 bits per heavy atom. The molecule has 2 unspecified atom stereocenters. The van der Waals surface area contributed by atoms with E-state index >= 15 is 0 Å². The van der Waals surface area contributed by atoms with E-state index in [4.69, 9.17) is 10.7 Å². The van der Waals surface area contributed by atoms with Gasteiger partial charge in [-0.15, -0.1) is 0 Å². The van der Waals surface area contributed by atoms with Gasteiger partial charge in [0, 0.05) is 19.8 Å². The standard InChI is InChI=1S/C20H24N8/c1-11-15(9-21)19(27-20(22)25-11)24-12(2)18-14(13-4-6-23-10-13)8-17-16(26-18)5-7-28(17)3/h5,7-8,12-13,23H,4,6,10H2,1-3H3,(H3,22,24,25,27). The maximum atomic E-state index is 9.51. The lowest BCUT2D eigenvalue weighted by Crippen LogP contribution is -2.17. The highest BCUT2D eigenvalue weighted by Crippen LogP contribution is 2.33. The number of nitrogens with one attached hydrogen (secondary N) is 2. The van der Waals surface area contributed by atoms with Crippen molar-refractivity contribution in [2.24, 2.45) is 7.05 Å². The minimum atomic E-state index is -0.138. The number of nitrogens with two attached hydrogens (primary N) is 1. The summed E-state index contributed by atoms with van der Waals surface area (Å²) in [6, 6.07) is 6.31. The summed E-state index contributed by atoms with van der Waals surface area (Å²) in [5.41, 5.74) is 11.1. The van der Waals surface area contributed by atoms with E-state index in [-0.39, 0.29) is 12.0 Å². The number of nitrogen functional groups attached to an aromatic ring is 1. The molecule has 1 aliphatic rings. The normalized spacial score (nSPS) is 17.6. The predicted molar refractivity (Wildman–Crippen MR) is 109 cm³/mol. The molecular weight excluding hydrogens is 352 g/mol. The average molecular weight is 376 g/mol. The van der Waals surface area contributed by atoms with Crippen LogP contribution in [-0.2, 0) is 7.05 Å². The predicted octanol–water partition coefficient (Wildman–Crippen LogP) is 2.38. The van der Waals surface area contributed by atoms with Crippen molar-refractivity contribution in [2.75, 3.05) is 24.1 Å². The Hall–Kier alpha value is -3.18. The Morgan fingerprint density at radius 1 is 1.39 bits per heavy atom. The van der Waals surface area contributed by atoms with Crippen molar-refractivity contribution in [2.45, 2.75) is 32.2 Å². The van der Waals surface area contributed by atoms with Gasteiger partial charge in [0.15, 0.2) is 0 Å². The van der Waals surface area contributed by atoms with Crippen LogP contribution in [0.25, 0.3) is 11.0 Å². The average Bonchev–Trinajstić information content (AvgIpc) is 3.30. The third-order valence-corrected chi connectivity index (χ3v) is 5.41. The number of rotatable bonds is 4. The van der Waals surface area contributed by atoms with Crippen LogP contribution in [0.1, 0.15) is 47.8 Å². The Kier molecular flexibility index (Phi) is 4.61. The van der Waals surface area contributed by atoms with E-state index in [1.165, 1.54) is 5.56 Å². The van der Waals surface area contributed by atoms with Crippen LogP contribution in [0.15, 0.2) is 18.3 Å². The van der Waals surface area contributed by atoms with Gasteiger partial charge in [-0.2, -0.15) is 10.2 Å². The number of aryl methyl sites for hydroxylation is 2. The molecule has 3 aromatic heterocycles. The SMILES string of the molecule is Cc1nc(N)nc(NC(C)c2nc3ccn(C)c3cc2C2CCNC2)c1C#N. The van der Waals surface area contributed by atoms with Crippen molar-refractivity contribution >= 4 is 22.8 Å². The molecule has 0 aliphatic carbocycles. The van der Waals surface area contributed by atoms with E-state index < -0.39 is 0 Å². The fraction of sp³-hybridized carbons (Fsp3) is 0.400. The Bertz CT molecular complexity index is 1070. The van der Waals surface area contributed by atoms with Crippen molar-refractivity contribution in [1.29, 1.82) is 5.26 Å². The third-order valence-electron chi connectivity index (χ3n) is 5.41. The van der Waals surface area contributed by atoms with E-state index in [2.05, 4.69) is 37.3 Å². The molecule has 0 saturated carbocycles. The maximum Gasteiger partial charge on any atom is 0.222 e. The summed E-state index contributed by atoms with van der Waals surface area (Å²) in [6.45, 7) is 5.76. The van der Waals surface area contributed by atoms with Crippen LogP contribution in [-0.4, -0.2) is 32.6 Å². The second kappa shape index (κ2) is 7.09. The van der Waals surface area contributed by atoms with Crippen LogP contribution in [0, 0.1) is 18.3 Å². The van der Waals surface area contributed by atoms with Gasteiger partial charge in [-0.25, -0.2) is 9.97 Å². The lowest BCUT2D eigenvalue weighted by atomic mass is 9.93. The van der Waals surface area contributed by atoms with Gasteiger partial charge in [0.2, 0.25) is 5.95 Å². The molecule has 8 nitrogen and oxygen atoms in total. The summed E-state index contributed by atoms with van der Waals surface area (Å²) in [5, 5.41) is 16.3. The van der Waals surface area contributed by atoms with Gasteiger partial charge in [-0.1, -0.05) is 0 Å². The van der Waals surface area contributed by atoms with Crippen molar-refractivity contribution in [3.05, 3.63) is 40.8 Å². The highest BCUT2D eigenvalue weighted by atomic mass is 15.1. The zero-order valence-electron chi connectivity index (χ0n) is 16.3. The number of fused-ring (bicyclic) bond motifs is 1. The summed E-state index contributed by atoms with van der Waals surface area (Å²) in [4.78, 5) is 13.3. The highest BCUT2D eigenvalue weighted by molar-refractivity contribution is 5.77. The van der Waals surface area contributed by atoms with E-state index in [1.807, 2.05) is 26.2 Å². The number of hydrogen-bond acceptors (Lipinski definition) is 7.